The first-order chi connectivity index (χ1) is 18.6. The second kappa shape index (κ2) is 14.0. The molecule has 1 saturated heterocycles. The smallest absolute Gasteiger partial charge is 0.227 e. The lowest BCUT2D eigenvalue weighted by molar-refractivity contribution is 0.277. The fraction of sp³-hybridized carbons (Fsp3) is 0.484. The molecule has 1 aliphatic heterocycles. The lowest BCUT2D eigenvalue weighted by Crippen LogP contribution is -2.24. The van der Waals surface area contributed by atoms with Gasteiger partial charge in [0.2, 0.25) is 5.95 Å². The van der Waals surface area contributed by atoms with E-state index in [1.54, 1.807) is 19.5 Å². The highest BCUT2D eigenvalue weighted by molar-refractivity contribution is 5.59. The molecule has 1 saturated carbocycles. The third-order valence-corrected chi connectivity index (χ3v) is 7.51. The van der Waals surface area contributed by atoms with Crippen molar-refractivity contribution in [2.45, 2.75) is 44.9 Å². The van der Waals surface area contributed by atoms with E-state index in [-0.39, 0.29) is 0 Å². The van der Waals surface area contributed by atoms with Crippen molar-refractivity contribution in [2.75, 3.05) is 51.1 Å². The van der Waals surface area contributed by atoms with Gasteiger partial charge in [0.25, 0.3) is 0 Å². The van der Waals surface area contributed by atoms with Gasteiger partial charge in [-0.05, 0) is 106 Å². The fourth-order valence-corrected chi connectivity index (χ4v) is 5.01. The Hall–Kier alpha value is -3.32. The van der Waals surface area contributed by atoms with Crippen LogP contribution in [0.2, 0.25) is 0 Å². The summed E-state index contributed by atoms with van der Waals surface area (Å²) in [5.41, 5.74) is 9.58. The maximum atomic E-state index is 6.02. The lowest BCUT2D eigenvalue weighted by atomic mass is 9.95. The number of piperidine rings is 1. The van der Waals surface area contributed by atoms with Crippen molar-refractivity contribution < 1.29 is 4.74 Å². The van der Waals surface area contributed by atoms with Crippen molar-refractivity contribution in [3.8, 4) is 5.75 Å². The molecule has 204 valence electrons. The van der Waals surface area contributed by atoms with Crippen molar-refractivity contribution in [2.24, 2.45) is 17.6 Å². The van der Waals surface area contributed by atoms with Crippen LogP contribution in [0, 0.1) is 11.8 Å². The molecule has 3 aliphatic rings. The van der Waals surface area contributed by atoms with Crippen LogP contribution in [0.15, 0.2) is 72.1 Å². The molecule has 2 aromatic rings. The predicted molar refractivity (Wildman–Crippen MR) is 158 cm³/mol. The molecule has 0 amide bonds. The van der Waals surface area contributed by atoms with Crippen molar-refractivity contribution in [3.63, 3.8) is 0 Å². The summed E-state index contributed by atoms with van der Waals surface area (Å²) >= 11 is 0. The van der Waals surface area contributed by atoms with E-state index in [0.29, 0.717) is 11.9 Å². The summed E-state index contributed by atoms with van der Waals surface area (Å²) < 4.78 is 5.29. The number of likely N-dealkylation sites (tertiary alicyclic amines) is 1. The first-order valence-corrected chi connectivity index (χ1v) is 14.0. The standard InChI is InChI=1S/C25H31N5O.C6H13N/c1-30(13-11-20(17-26)18-6-3-4-7-19-15-21(19)14-18)25-27-12-10-24(29-25)28-22-8-5-9-23(16-22)31-2;1-7-5-3-2-4-6-7/h4-5,7-10,12,14,16-17,19,21H,3,6,11,13,15,26H2,1-2H3,(H,27,28,29);2-6H2,1H3/b7-4-,18-14+,20-17-;. The summed E-state index contributed by atoms with van der Waals surface area (Å²) in [5.74, 6) is 3.66. The quantitative estimate of drug-likeness (QED) is 0.422. The summed E-state index contributed by atoms with van der Waals surface area (Å²) in [7, 11) is 5.87. The van der Waals surface area contributed by atoms with Crippen molar-refractivity contribution in [3.05, 3.63) is 72.1 Å². The van der Waals surface area contributed by atoms with Crippen molar-refractivity contribution >= 4 is 17.5 Å². The van der Waals surface area contributed by atoms with Crippen LogP contribution in [0.3, 0.4) is 0 Å². The van der Waals surface area contributed by atoms with E-state index >= 15 is 0 Å². The predicted octanol–water partition coefficient (Wildman–Crippen LogP) is 5.91. The zero-order chi connectivity index (χ0) is 26.7. The number of hydrogen-bond donors (Lipinski definition) is 2. The Morgan fingerprint density at radius 1 is 1.21 bits per heavy atom. The van der Waals surface area contributed by atoms with Crippen LogP contribution < -0.4 is 20.7 Å². The van der Waals surface area contributed by atoms with E-state index < -0.39 is 0 Å². The van der Waals surface area contributed by atoms with Gasteiger partial charge in [-0.15, -0.1) is 0 Å². The van der Waals surface area contributed by atoms with E-state index in [1.165, 1.54) is 49.9 Å². The van der Waals surface area contributed by atoms with E-state index in [1.807, 2.05) is 37.4 Å². The number of nitrogens with one attached hydrogen (secondary N) is 1. The summed E-state index contributed by atoms with van der Waals surface area (Å²) in [6.45, 7) is 3.44. The number of hydrogen-bond acceptors (Lipinski definition) is 7. The van der Waals surface area contributed by atoms with E-state index in [2.05, 4.69) is 50.4 Å². The number of nitrogens with two attached hydrogens (primary N) is 1. The molecule has 2 unspecified atom stereocenters. The van der Waals surface area contributed by atoms with Crippen LogP contribution in [0.1, 0.15) is 44.9 Å². The zero-order valence-corrected chi connectivity index (χ0v) is 23.3. The fourth-order valence-electron chi connectivity index (χ4n) is 5.01. The normalized spacial score (nSPS) is 23.3. The molecule has 3 N–H and O–H groups in total. The maximum Gasteiger partial charge on any atom is 0.227 e. The molecule has 7 nitrogen and oxygen atoms in total. The van der Waals surface area contributed by atoms with Gasteiger partial charge in [0.1, 0.15) is 11.6 Å². The minimum Gasteiger partial charge on any atom is -0.497 e. The number of ether oxygens (including phenoxy) is 1. The Labute approximate surface area is 228 Å². The van der Waals surface area contributed by atoms with E-state index in [0.717, 1.165) is 49.0 Å². The van der Waals surface area contributed by atoms with Gasteiger partial charge in [0, 0.05) is 31.5 Å². The van der Waals surface area contributed by atoms with E-state index in [4.69, 9.17) is 10.5 Å². The Bertz CT molecular complexity index is 1120. The number of anilines is 3. The van der Waals surface area contributed by atoms with Gasteiger partial charge in [-0.25, -0.2) is 4.98 Å². The SMILES string of the molecule is CN1CCCCC1.COc1cccc(Nc2ccnc(N(C)CCC(=C/N)/C3=C/C4CC4/C=C\CC3)n2)c1. The number of allylic oxidation sites excluding steroid dienone is 4. The van der Waals surface area contributed by atoms with Crippen LogP contribution in [-0.2, 0) is 0 Å². The lowest BCUT2D eigenvalue weighted by Gasteiger charge is -2.20. The zero-order valence-electron chi connectivity index (χ0n) is 23.3. The van der Waals surface area contributed by atoms with Crippen LogP contribution >= 0.6 is 0 Å². The van der Waals surface area contributed by atoms with Crippen LogP contribution in [-0.4, -0.2) is 55.7 Å². The van der Waals surface area contributed by atoms with Gasteiger partial charge in [-0.1, -0.05) is 30.7 Å². The number of fused-ring (bicyclic) bond motifs is 1. The van der Waals surface area contributed by atoms with Gasteiger partial charge in [0.05, 0.1) is 7.11 Å². The molecule has 2 aliphatic carbocycles. The molecule has 7 heteroatoms. The summed E-state index contributed by atoms with van der Waals surface area (Å²) in [5, 5.41) is 3.32. The molecular formula is C31H44N6O. The molecule has 2 heterocycles. The third-order valence-electron chi connectivity index (χ3n) is 7.51. The molecule has 38 heavy (non-hydrogen) atoms. The molecule has 0 radical (unpaired) electrons. The number of methoxy groups -OCH3 is 1. The highest BCUT2D eigenvalue weighted by Gasteiger charge is 2.33. The Morgan fingerprint density at radius 2 is 2.05 bits per heavy atom. The topological polar surface area (TPSA) is 79.5 Å². The molecule has 5 rings (SSSR count). The minimum absolute atomic E-state index is 0.682. The molecule has 2 atom stereocenters. The number of rotatable bonds is 8. The van der Waals surface area contributed by atoms with Crippen molar-refractivity contribution in [1.29, 1.82) is 0 Å². The summed E-state index contributed by atoms with van der Waals surface area (Å²) in [4.78, 5) is 13.6. The summed E-state index contributed by atoms with van der Waals surface area (Å²) in [6.07, 6.45) is 19.3. The molecule has 0 bridgehead atoms. The second-order valence-corrected chi connectivity index (χ2v) is 10.5. The maximum absolute atomic E-state index is 6.02. The first-order valence-electron chi connectivity index (χ1n) is 14.0. The van der Waals surface area contributed by atoms with Gasteiger partial charge in [0.15, 0.2) is 0 Å². The van der Waals surface area contributed by atoms with Crippen LogP contribution in [0.5, 0.6) is 5.75 Å². The van der Waals surface area contributed by atoms with Gasteiger partial charge >= 0.3 is 0 Å². The van der Waals surface area contributed by atoms with Crippen LogP contribution in [0.25, 0.3) is 0 Å². The highest BCUT2D eigenvalue weighted by Crippen LogP contribution is 2.44. The monoisotopic (exact) mass is 516 g/mol. The third kappa shape index (κ3) is 8.35. The number of aromatic nitrogens is 2. The molecule has 1 aromatic heterocycles. The molecule has 1 aromatic carbocycles. The minimum atomic E-state index is 0.682. The Kier molecular flexibility index (Phi) is 10.2. The van der Waals surface area contributed by atoms with E-state index in [9.17, 15) is 0 Å². The largest absolute Gasteiger partial charge is 0.497 e. The van der Waals surface area contributed by atoms with Gasteiger partial charge in [-0.3, -0.25) is 0 Å². The Balaban J connectivity index is 0.000000417. The van der Waals surface area contributed by atoms with Crippen LogP contribution in [0.4, 0.5) is 17.5 Å². The number of nitrogens with zero attached hydrogens (tertiary/aromatic N) is 4. The van der Waals surface area contributed by atoms with Gasteiger partial charge in [-0.2, -0.15) is 4.98 Å². The summed E-state index contributed by atoms with van der Waals surface area (Å²) in [6, 6.07) is 9.64. The van der Waals surface area contributed by atoms with Gasteiger partial charge < -0.3 is 25.6 Å². The molecule has 0 spiro atoms. The Morgan fingerprint density at radius 3 is 2.79 bits per heavy atom. The first kappa shape index (κ1) is 27.7. The molecule has 2 fully saturated rings. The highest BCUT2D eigenvalue weighted by atomic mass is 16.5. The number of benzene rings is 1. The molecular weight excluding hydrogens is 472 g/mol. The average Bonchev–Trinajstić information content (AvgIpc) is 3.66. The average molecular weight is 517 g/mol. The van der Waals surface area contributed by atoms with Crippen molar-refractivity contribution in [1.82, 2.24) is 14.9 Å². The second-order valence-electron chi connectivity index (χ2n) is 10.5.